The van der Waals surface area contributed by atoms with E-state index in [-0.39, 0.29) is 17.9 Å². The number of pyridine rings is 1. The highest BCUT2D eigenvalue weighted by molar-refractivity contribution is 5.96. The number of fused-ring (bicyclic) bond motifs is 4. The van der Waals surface area contributed by atoms with E-state index < -0.39 is 0 Å². The van der Waals surface area contributed by atoms with Crippen molar-refractivity contribution in [3.8, 4) is 17.4 Å². The molecule has 5 heteroatoms. The average molecular weight is 394 g/mol. The number of aliphatic imine (C=N–C) groups is 1. The first-order valence-electron chi connectivity index (χ1n) is 9.94. The summed E-state index contributed by atoms with van der Waals surface area (Å²) in [5.41, 5.74) is 3.94. The monoisotopic (exact) mass is 394 g/mol. The van der Waals surface area contributed by atoms with Gasteiger partial charge in [-0.1, -0.05) is 42.5 Å². The van der Waals surface area contributed by atoms with Gasteiger partial charge in [-0.15, -0.1) is 0 Å². The molecule has 0 bridgehead atoms. The van der Waals surface area contributed by atoms with Crippen LogP contribution in [-0.4, -0.2) is 22.0 Å². The second-order valence-electron chi connectivity index (χ2n) is 7.57. The number of phenols is 1. The van der Waals surface area contributed by atoms with Crippen molar-refractivity contribution in [2.75, 3.05) is 0 Å². The highest BCUT2D eigenvalue weighted by Gasteiger charge is 2.39. The Labute approximate surface area is 173 Å². The zero-order valence-corrected chi connectivity index (χ0v) is 16.0. The fourth-order valence-corrected chi connectivity index (χ4v) is 4.22. The van der Waals surface area contributed by atoms with Gasteiger partial charge in [0.2, 0.25) is 11.8 Å². The molecule has 0 saturated heterocycles. The maximum absolute atomic E-state index is 10.0. The first-order valence-corrected chi connectivity index (χ1v) is 9.94. The van der Waals surface area contributed by atoms with Crippen LogP contribution < -0.4 is 4.74 Å². The van der Waals surface area contributed by atoms with Crippen LogP contribution in [-0.2, 0) is 11.2 Å². The van der Waals surface area contributed by atoms with Crippen molar-refractivity contribution in [2.24, 2.45) is 4.99 Å². The zero-order chi connectivity index (χ0) is 20.1. The number of para-hydroxylation sites is 1. The first kappa shape index (κ1) is 17.0. The maximum Gasteiger partial charge on any atom is 0.219 e. The number of aromatic hydroxyl groups is 1. The summed E-state index contributed by atoms with van der Waals surface area (Å²) < 4.78 is 12.2. The van der Waals surface area contributed by atoms with E-state index in [2.05, 4.69) is 23.2 Å². The van der Waals surface area contributed by atoms with Crippen molar-refractivity contribution >= 4 is 16.8 Å². The Kier molecular flexibility index (Phi) is 3.74. The third-order valence-corrected chi connectivity index (χ3v) is 5.64. The van der Waals surface area contributed by atoms with Gasteiger partial charge in [0.15, 0.2) is 0 Å². The standard InChI is InChI=1S/C25H18N2O3/c28-21-10-4-6-15-11-12-22(27-23(15)21)29-18-8-3-7-17(13-18)25-26-20-14-16-5-1-2-9-19(16)24(20)30-25/h1-13,20,24,28H,14H2/t20-,24-/m0/s1. The Morgan fingerprint density at radius 2 is 1.83 bits per heavy atom. The molecule has 30 heavy (non-hydrogen) atoms. The second-order valence-corrected chi connectivity index (χ2v) is 7.57. The summed E-state index contributed by atoms with van der Waals surface area (Å²) in [6.07, 6.45) is 0.899. The quantitative estimate of drug-likeness (QED) is 0.520. The third-order valence-electron chi connectivity index (χ3n) is 5.64. The lowest BCUT2D eigenvalue weighted by atomic mass is 10.1. The SMILES string of the molecule is Oc1cccc2ccc(Oc3cccc(C4=N[C@H]5Cc6ccccc6[C@@H]5O4)c3)nc12. The lowest BCUT2D eigenvalue weighted by Gasteiger charge is -2.12. The molecule has 146 valence electrons. The minimum Gasteiger partial charge on any atom is -0.506 e. The van der Waals surface area contributed by atoms with Gasteiger partial charge in [0.1, 0.15) is 23.1 Å². The number of nitrogens with zero attached hydrogens (tertiary/aromatic N) is 2. The molecule has 0 saturated carbocycles. The molecule has 2 aliphatic rings. The van der Waals surface area contributed by atoms with Crippen molar-refractivity contribution in [1.29, 1.82) is 0 Å². The molecule has 0 radical (unpaired) electrons. The van der Waals surface area contributed by atoms with E-state index in [9.17, 15) is 5.11 Å². The van der Waals surface area contributed by atoms with Crippen LogP contribution in [0.2, 0.25) is 0 Å². The Bertz CT molecular complexity index is 1310. The highest BCUT2D eigenvalue weighted by Crippen LogP contribution is 2.41. The van der Waals surface area contributed by atoms with Gasteiger partial charge in [0, 0.05) is 17.0 Å². The lowest BCUT2D eigenvalue weighted by Crippen LogP contribution is -2.08. The van der Waals surface area contributed by atoms with E-state index in [1.165, 1.54) is 11.1 Å². The van der Waals surface area contributed by atoms with Gasteiger partial charge in [0.25, 0.3) is 0 Å². The molecule has 0 fully saturated rings. The van der Waals surface area contributed by atoms with Crippen molar-refractivity contribution in [1.82, 2.24) is 4.98 Å². The van der Waals surface area contributed by atoms with Crippen LogP contribution in [0.1, 0.15) is 22.8 Å². The summed E-state index contributed by atoms with van der Waals surface area (Å²) in [4.78, 5) is 9.26. The molecule has 1 aliphatic carbocycles. The Hall–Kier alpha value is -3.86. The largest absolute Gasteiger partial charge is 0.506 e. The highest BCUT2D eigenvalue weighted by atomic mass is 16.5. The fraction of sp³-hybridized carbons (Fsp3) is 0.120. The first-order chi connectivity index (χ1) is 14.7. The summed E-state index contributed by atoms with van der Waals surface area (Å²) in [5, 5.41) is 10.9. The smallest absolute Gasteiger partial charge is 0.219 e. The number of phenolic OH excluding ortho intramolecular Hbond substituents is 1. The van der Waals surface area contributed by atoms with Crippen molar-refractivity contribution in [2.45, 2.75) is 18.6 Å². The van der Waals surface area contributed by atoms with Gasteiger partial charge in [-0.3, -0.25) is 0 Å². The molecule has 2 atom stereocenters. The molecule has 1 aromatic heterocycles. The second kappa shape index (κ2) is 6.59. The topological polar surface area (TPSA) is 63.9 Å². The predicted octanol–water partition coefficient (Wildman–Crippen LogP) is 5.18. The summed E-state index contributed by atoms with van der Waals surface area (Å²) in [7, 11) is 0. The van der Waals surface area contributed by atoms with E-state index in [4.69, 9.17) is 14.5 Å². The van der Waals surface area contributed by atoms with Gasteiger partial charge in [0.05, 0.1) is 6.04 Å². The Balaban J connectivity index is 1.26. The number of rotatable bonds is 3. The number of hydrogen-bond donors (Lipinski definition) is 1. The number of hydrogen-bond acceptors (Lipinski definition) is 5. The molecule has 4 aromatic rings. The van der Waals surface area contributed by atoms with Crippen molar-refractivity contribution in [3.05, 3.63) is 95.6 Å². The van der Waals surface area contributed by atoms with Gasteiger partial charge in [-0.2, -0.15) is 0 Å². The molecule has 1 N–H and O–H groups in total. The van der Waals surface area contributed by atoms with Crippen LogP contribution in [0, 0.1) is 0 Å². The van der Waals surface area contributed by atoms with E-state index in [0.29, 0.717) is 23.0 Å². The van der Waals surface area contributed by atoms with E-state index in [0.717, 1.165) is 17.4 Å². The summed E-state index contributed by atoms with van der Waals surface area (Å²) in [6.45, 7) is 0. The molecule has 3 aromatic carbocycles. The number of benzene rings is 3. The van der Waals surface area contributed by atoms with Gasteiger partial charge in [-0.25, -0.2) is 9.98 Å². The summed E-state index contributed by atoms with van der Waals surface area (Å²) >= 11 is 0. The van der Waals surface area contributed by atoms with Gasteiger partial charge in [-0.05, 0) is 47.9 Å². The Morgan fingerprint density at radius 3 is 2.80 bits per heavy atom. The molecular formula is C25H18N2O3. The maximum atomic E-state index is 10.0. The minimum atomic E-state index is -0.00842. The van der Waals surface area contributed by atoms with Crippen LogP contribution in [0.15, 0.2) is 83.9 Å². The van der Waals surface area contributed by atoms with Crippen LogP contribution in [0.3, 0.4) is 0 Å². The van der Waals surface area contributed by atoms with Crippen LogP contribution >= 0.6 is 0 Å². The van der Waals surface area contributed by atoms with Crippen LogP contribution in [0.5, 0.6) is 17.4 Å². The van der Waals surface area contributed by atoms with Crippen LogP contribution in [0.25, 0.3) is 10.9 Å². The molecule has 6 rings (SSSR count). The molecule has 0 spiro atoms. The third kappa shape index (κ3) is 2.78. The molecule has 0 amide bonds. The number of aromatic nitrogens is 1. The summed E-state index contributed by atoms with van der Waals surface area (Å²) in [5.74, 6) is 1.83. The van der Waals surface area contributed by atoms with E-state index in [1.54, 1.807) is 18.2 Å². The fourth-order valence-electron chi connectivity index (χ4n) is 4.22. The van der Waals surface area contributed by atoms with Crippen molar-refractivity contribution < 1.29 is 14.6 Å². The molecular weight excluding hydrogens is 376 g/mol. The summed E-state index contributed by atoms with van der Waals surface area (Å²) in [6, 6.07) is 25.1. The normalized spacial score (nSPS) is 19.1. The average Bonchev–Trinajstić information content (AvgIpc) is 3.33. The molecule has 2 heterocycles. The van der Waals surface area contributed by atoms with Gasteiger partial charge < -0.3 is 14.6 Å². The van der Waals surface area contributed by atoms with E-state index in [1.807, 2.05) is 42.5 Å². The van der Waals surface area contributed by atoms with E-state index >= 15 is 0 Å². The number of ether oxygens (including phenoxy) is 2. The van der Waals surface area contributed by atoms with Crippen molar-refractivity contribution in [3.63, 3.8) is 0 Å². The van der Waals surface area contributed by atoms with Gasteiger partial charge >= 0.3 is 0 Å². The molecule has 1 aliphatic heterocycles. The zero-order valence-electron chi connectivity index (χ0n) is 16.0. The molecule has 0 unspecified atom stereocenters. The Morgan fingerprint density at radius 1 is 0.933 bits per heavy atom. The minimum absolute atomic E-state index is 0.00842. The lowest BCUT2D eigenvalue weighted by molar-refractivity contribution is 0.209. The predicted molar refractivity (Wildman–Crippen MR) is 114 cm³/mol. The van der Waals surface area contributed by atoms with Crippen LogP contribution in [0.4, 0.5) is 0 Å². The molecule has 5 nitrogen and oxygen atoms in total.